The first-order valence-corrected chi connectivity index (χ1v) is 9.70. The molecule has 8 nitrogen and oxygen atoms in total. The van der Waals surface area contributed by atoms with Gasteiger partial charge < -0.3 is 25.7 Å². The number of hydrogen-bond acceptors (Lipinski definition) is 5. The van der Waals surface area contributed by atoms with E-state index < -0.39 is 0 Å². The van der Waals surface area contributed by atoms with Gasteiger partial charge >= 0.3 is 0 Å². The van der Waals surface area contributed by atoms with Crippen LogP contribution in [0.5, 0.6) is 0 Å². The van der Waals surface area contributed by atoms with Crippen molar-refractivity contribution < 1.29 is 9.21 Å². The van der Waals surface area contributed by atoms with E-state index in [1.807, 2.05) is 31.2 Å². The van der Waals surface area contributed by atoms with Crippen LogP contribution in [-0.4, -0.2) is 36.5 Å². The van der Waals surface area contributed by atoms with Gasteiger partial charge in [0.2, 0.25) is 5.91 Å². The Bertz CT molecular complexity index is 796. The number of furan rings is 1. The van der Waals surface area contributed by atoms with Gasteiger partial charge in [-0.15, -0.1) is 24.0 Å². The second kappa shape index (κ2) is 11.6. The van der Waals surface area contributed by atoms with Crippen LogP contribution >= 0.6 is 24.0 Å². The second-order valence-corrected chi connectivity index (χ2v) is 6.80. The number of carbonyl (C=O) groups is 1. The number of primary amides is 1. The molecule has 4 N–H and O–H groups in total. The largest absolute Gasteiger partial charge is 0.467 e. The lowest BCUT2D eigenvalue weighted by Crippen LogP contribution is -2.42. The van der Waals surface area contributed by atoms with E-state index in [2.05, 4.69) is 25.5 Å². The maximum atomic E-state index is 11.6. The third-order valence-electron chi connectivity index (χ3n) is 4.75. The molecule has 2 aromatic heterocycles. The van der Waals surface area contributed by atoms with Crippen LogP contribution in [0.4, 0.5) is 5.82 Å². The van der Waals surface area contributed by atoms with Gasteiger partial charge in [-0.05, 0) is 38.0 Å². The predicted octanol–water partition coefficient (Wildman–Crippen LogP) is 2.25. The first-order chi connectivity index (χ1) is 13.7. The van der Waals surface area contributed by atoms with Crippen LogP contribution in [0.3, 0.4) is 0 Å². The molecule has 0 saturated carbocycles. The smallest absolute Gasteiger partial charge is 0.222 e. The van der Waals surface area contributed by atoms with E-state index in [9.17, 15) is 4.79 Å². The number of halogens is 1. The van der Waals surface area contributed by atoms with Crippen LogP contribution in [0.25, 0.3) is 0 Å². The summed E-state index contributed by atoms with van der Waals surface area (Å²) in [6, 6.07) is 7.71. The Morgan fingerprint density at radius 3 is 2.97 bits per heavy atom. The van der Waals surface area contributed by atoms with Crippen LogP contribution in [0.15, 0.2) is 46.1 Å². The predicted molar refractivity (Wildman–Crippen MR) is 124 cm³/mol. The van der Waals surface area contributed by atoms with Gasteiger partial charge in [0.1, 0.15) is 11.6 Å². The van der Waals surface area contributed by atoms with E-state index in [1.54, 1.807) is 12.5 Å². The lowest BCUT2D eigenvalue weighted by Gasteiger charge is -2.33. The summed E-state index contributed by atoms with van der Waals surface area (Å²) >= 11 is 0. The number of nitrogens with one attached hydrogen (secondary N) is 2. The second-order valence-electron chi connectivity index (χ2n) is 6.80. The molecule has 0 spiro atoms. The highest BCUT2D eigenvalue weighted by Crippen LogP contribution is 2.24. The normalized spacial score (nSPS) is 16.8. The number of aromatic nitrogens is 1. The number of nitrogens with two attached hydrogens (primary N) is 1. The third-order valence-corrected chi connectivity index (χ3v) is 4.75. The zero-order valence-corrected chi connectivity index (χ0v) is 19.0. The lowest BCUT2D eigenvalue weighted by atomic mass is 9.97. The van der Waals surface area contributed by atoms with Crippen molar-refractivity contribution in [2.45, 2.75) is 32.9 Å². The quantitative estimate of drug-likeness (QED) is 0.299. The molecule has 0 aliphatic carbocycles. The summed E-state index contributed by atoms with van der Waals surface area (Å²) in [5.41, 5.74) is 6.54. The molecule has 3 rings (SSSR count). The Labute approximate surface area is 188 Å². The molecule has 1 aliphatic rings. The van der Waals surface area contributed by atoms with Gasteiger partial charge in [-0.3, -0.25) is 4.79 Å². The number of anilines is 1. The van der Waals surface area contributed by atoms with Gasteiger partial charge in [0.25, 0.3) is 0 Å². The molecular formula is C20H29IN6O2. The van der Waals surface area contributed by atoms with E-state index in [0.29, 0.717) is 25.6 Å². The van der Waals surface area contributed by atoms with Crippen molar-refractivity contribution >= 4 is 41.7 Å². The first kappa shape index (κ1) is 23.0. The Hall–Kier alpha value is -2.30. The van der Waals surface area contributed by atoms with Gasteiger partial charge in [-0.1, -0.05) is 6.07 Å². The van der Waals surface area contributed by atoms with Crippen LogP contribution in [0.2, 0.25) is 0 Å². The SMILES string of the molecule is CCNC(=NCc1cccnc1N1CCCC(C(N)=O)C1)NCc1ccco1.I. The molecule has 1 aliphatic heterocycles. The molecule has 1 amide bonds. The molecular weight excluding hydrogens is 483 g/mol. The summed E-state index contributed by atoms with van der Waals surface area (Å²) in [5, 5.41) is 6.50. The minimum absolute atomic E-state index is 0. The molecule has 1 fully saturated rings. The maximum Gasteiger partial charge on any atom is 0.222 e. The highest BCUT2D eigenvalue weighted by atomic mass is 127. The molecule has 2 aromatic rings. The Kier molecular flexibility index (Phi) is 9.23. The standard InChI is InChI=1S/C20H28N6O2.HI/c1-2-22-20(25-13-17-8-5-11-28-17)24-12-15-6-3-9-23-19(15)26-10-4-7-16(14-26)18(21)27;/h3,5-6,8-9,11,16H,2,4,7,10,12-14H2,1H3,(H2,21,27)(H2,22,24,25);1H. The summed E-state index contributed by atoms with van der Waals surface area (Å²) in [6.45, 7) is 5.31. The van der Waals surface area contributed by atoms with Crippen molar-refractivity contribution in [3.05, 3.63) is 48.0 Å². The molecule has 0 bridgehead atoms. The Balaban J connectivity index is 0.00000300. The van der Waals surface area contributed by atoms with E-state index in [-0.39, 0.29) is 35.8 Å². The van der Waals surface area contributed by atoms with Crippen LogP contribution in [-0.2, 0) is 17.9 Å². The van der Waals surface area contributed by atoms with Gasteiger partial charge in [-0.25, -0.2) is 9.98 Å². The van der Waals surface area contributed by atoms with Crippen LogP contribution < -0.4 is 21.3 Å². The molecule has 1 unspecified atom stereocenters. The zero-order chi connectivity index (χ0) is 19.8. The van der Waals surface area contributed by atoms with E-state index in [1.165, 1.54) is 0 Å². The van der Waals surface area contributed by atoms with Crippen molar-refractivity contribution in [2.24, 2.45) is 16.6 Å². The minimum Gasteiger partial charge on any atom is -0.467 e. The monoisotopic (exact) mass is 512 g/mol. The van der Waals surface area contributed by atoms with Crippen molar-refractivity contribution in [3.8, 4) is 0 Å². The van der Waals surface area contributed by atoms with E-state index in [4.69, 9.17) is 10.2 Å². The number of nitrogens with zero attached hydrogens (tertiary/aromatic N) is 3. The van der Waals surface area contributed by atoms with E-state index >= 15 is 0 Å². The summed E-state index contributed by atoms with van der Waals surface area (Å²) in [7, 11) is 0. The zero-order valence-electron chi connectivity index (χ0n) is 16.6. The molecule has 1 saturated heterocycles. The van der Waals surface area contributed by atoms with Crippen molar-refractivity contribution in [1.82, 2.24) is 15.6 Å². The number of piperidine rings is 1. The van der Waals surface area contributed by atoms with Crippen LogP contribution in [0.1, 0.15) is 31.1 Å². The molecule has 29 heavy (non-hydrogen) atoms. The topological polar surface area (TPSA) is 109 Å². The number of guanidine groups is 1. The van der Waals surface area contributed by atoms with Crippen LogP contribution in [0, 0.1) is 5.92 Å². The molecule has 1 atom stereocenters. The summed E-state index contributed by atoms with van der Waals surface area (Å²) < 4.78 is 5.35. The number of rotatable bonds is 7. The molecule has 9 heteroatoms. The maximum absolute atomic E-state index is 11.6. The fourth-order valence-corrected chi connectivity index (χ4v) is 3.33. The van der Waals surface area contributed by atoms with Gasteiger partial charge in [0.05, 0.1) is 25.3 Å². The molecule has 158 valence electrons. The average molecular weight is 512 g/mol. The van der Waals surface area contributed by atoms with Crippen molar-refractivity contribution in [1.29, 1.82) is 0 Å². The van der Waals surface area contributed by atoms with Crippen molar-refractivity contribution in [2.75, 3.05) is 24.5 Å². The fraction of sp³-hybridized carbons (Fsp3) is 0.450. The summed E-state index contributed by atoms with van der Waals surface area (Å²) in [6.07, 6.45) is 5.20. The van der Waals surface area contributed by atoms with Gasteiger partial charge in [0.15, 0.2) is 5.96 Å². The fourth-order valence-electron chi connectivity index (χ4n) is 3.33. The highest BCUT2D eigenvalue weighted by molar-refractivity contribution is 14.0. The summed E-state index contributed by atoms with van der Waals surface area (Å²) in [4.78, 5) is 23.0. The van der Waals surface area contributed by atoms with Gasteiger partial charge in [0, 0.05) is 31.4 Å². The molecule has 0 aromatic carbocycles. The minimum atomic E-state index is -0.239. The Morgan fingerprint density at radius 2 is 2.24 bits per heavy atom. The van der Waals surface area contributed by atoms with Crippen molar-refractivity contribution in [3.63, 3.8) is 0 Å². The average Bonchev–Trinajstić information content (AvgIpc) is 3.24. The number of aliphatic imine (C=N–C) groups is 1. The molecule has 0 radical (unpaired) electrons. The highest BCUT2D eigenvalue weighted by Gasteiger charge is 2.25. The third kappa shape index (κ3) is 6.62. The number of pyridine rings is 1. The number of amides is 1. The van der Waals surface area contributed by atoms with E-state index in [0.717, 1.165) is 43.1 Å². The summed E-state index contributed by atoms with van der Waals surface area (Å²) in [5.74, 6) is 2.07. The lowest BCUT2D eigenvalue weighted by molar-refractivity contribution is -0.122. The number of hydrogen-bond donors (Lipinski definition) is 3. The Morgan fingerprint density at radius 1 is 1.38 bits per heavy atom. The first-order valence-electron chi connectivity index (χ1n) is 9.70. The molecule has 3 heterocycles. The number of carbonyl (C=O) groups excluding carboxylic acids is 1. The van der Waals surface area contributed by atoms with Gasteiger partial charge in [-0.2, -0.15) is 0 Å².